The van der Waals surface area contributed by atoms with E-state index in [2.05, 4.69) is 10.3 Å². The molecule has 1 N–H and O–H groups in total. The van der Waals surface area contributed by atoms with Gasteiger partial charge in [0.1, 0.15) is 15.0 Å². The number of hydrogen-bond donors (Lipinski definition) is 1. The molecule has 0 aromatic carbocycles. The highest BCUT2D eigenvalue weighted by Gasteiger charge is 2.02. The minimum atomic E-state index is -2.90. The average molecular weight is 285 g/mol. The summed E-state index contributed by atoms with van der Waals surface area (Å²) in [5.41, 5.74) is 0.868. The first kappa shape index (κ1) is 15.6. The molecule has 0 saturated heterocycles. The van der Waals surface area contributed by atoms with Crippen LogP contribution in [0.4, 0.5) is 0 Å². The van der Waals surface area contributed by atoms with Crippen molar-refractivity contribution in [3.8, 4) is 0 Å². The normalized spacial score (nSPS) is 10.9. The maximum absolute atomic E-state index is 10.8. The number of halogens is 2. The SMILES string of the molecule is CS(=O)(=O)CCNCc1cccnc1Cl.Cl. The predicted molar refractivity (Wildman–Crippen MR) is 67.9 cm³/mol. The molecule has 0 aliphatic heterocycles. The van der Waals surface area contributed by atoms with Gasteiger partial charge in [0.15, 0.2) is 0 Å². The molecule has 0 radical (unpaired) electrons. The zero-order valence-corrected chi connectivity index (χ0v) is 11.2. The maximum atomic E-state index is 10.8. The smallest absolute Gasteiger partial charge is 0.148 e. The van der Waals surface area contributed by atoms with Gasteiger partial charge in [0.05, 0.1) is 5.75 Å². The number of nitrogens with zero attached hydrogens (tertiary/aromatic N) is 1. The molecule has 16 heavy (non-hydrogen) atoms. The number of pyridine rings is 1. The molecular formula is C9H14Cl2N2O2S. The lowest BCUT2D eigenvalue weighted by Gasteiger charge is -2.04. The van der Waals surface area contributed by atoms with Crippen LogP contribution in [0.25, 0.3) is 0 Å². The van der Waals surface area contributed by atoms with Crippen LogP contribution in [0, 0.1) is 0 Å². The van der Waals surface area contributed by atoms with Gasteiger partial charge in [-0.15, -0.1) is 12.4 Å². The molecule has 1 rings (SSSR count). The summed E-state index contributed by atoms with van der Waals surface area (Å²) in [6.07, 6.45) is 2.83. The van der Waals surface area contributed by atoms with Crippen molar-refractivity contribution in [3.05, 3.63) is 29.0 Å². The molecule has 0 aliphatic carbocycles. The highest BCUT2D eigenvalue weighted by Crippen LogP contribution is 2.10. The van der Waals surface area contributed by atoms with Gasteiger partial charge in [0, 0.05) is 31.1 Å². The summed E-state index contributed by atoms with van der Waals surface area (Å²) in [4.78, 5) is 3.91. The van der Waals surface area contributed by atoms with E-state index in [4.69, 9.17) is 11.6 Å². The maximum Gasteiger partial charge on any atom is 0.148 e. The van der Waals surface area contributed by atoms with E-state index in [0.29, 0.717) is 18.2 Å². The molecule has 92 valence electrons. The molecule has 1 aromatic heterocycles. The Morgan fingerprint density at radius 2 is 2.19 bits per heavy atom. The summed E-state index contributed by atoms with van der Waals surface area (Å²) < 4.78 is 21.7. The molecule has 0 spiro atoms. The molecule has 0 bridgehead atoms. The molecule has 0 aliphatic rings. The lowest BCUT2D eigenvalue weighted by Crippen LogP contribution is -2.22. The molecule has 0 unspecified atom stereocenters. The van der Waals surface area contributed by atoms with Crippen molar-refractivity contribution in [1.82, 2.24) is 10.3 Å². The number of hydrogen-bond acceptors (Lipinski definition) is 4. The highest BCUT2D eigenvalue weighted by atomic mass is 35.5. The highest BCUT2D eigenvalue weighted by molar-refractivity contribution is 7.90. The van der Waals surface area contributed by atoms with E-state index in [9.17, 15) is 8.42 Å². The average Bonchev–Trinajstić information content (AvgIpc) is 2.13. The fraction of sp³-hybridized carbons (Fsp3) is 0.444. The third kappa shape index (κ3) is 6.27. The van der Waals surface area contributed by atoms with Crippen LogP contribution in [0.1, 0.15) is 5.56 Å². The molecule has 1 heterocycles. The number of nitrogens with one attached hydrogen (secondary N) is 1. The van der Waals surface area contributed by atoms with E-state index in [-0.39, 0.29) is 18.2 Å². The zero-order chi connectivity index (χ0) is 11.3. The largest absolute Gasteiger partial charge is 0.312 e. The quantitative estimate of drug-likeness (QED) is 0.654. The summed E-state index contributed by atoms with van der Waals surface area (Å²) in [6.45, 7) is 0.951. The molecule has 7 heteroatoms. The second-order valence-corrected chi connectivity index (χ2v) is 5.88. The Labute approximate surface area is 107 Å². The first-order valence-corrected chi connectivity index (χ1v) is 6.91. The fourth-order valence-corrected chi connectivity index (χ4v) is 1.73. The monoisotopic (exact) mass is 284 g/mol. The Kier molecular flexibility index (Phi) is 6.90. The Bertz CT molecular complexity index is 423. The van der Waals surface area contributed by atoms with Gasteiger partial charge in [0.2, 0.25) is 0 Å². The Morgan fingerprint density at radius 3 is 2.75 bits per heavy atom. The van der Waals surface area contributed by atoms with E-state index in [1.165, 1.54) is 6.26 Å². The summed E-state index contributed by atoms with van der Waals surface area (Å²) in [7, 11) is -2.90. The summed E-state index contributed by atoms with van der Waals surface area (Å²) in [6, 6.07) is 3.64. The van der Waals surface area contributed by atoms with Crippen molar-refractivity contribution in [2.75, 3.05) is 18.6 Å². The Balaban J connectivity index is 0.00000225. The Hall–Kier alpha value is -0.360. The number of aromatic nitrogens is 1. The van der Waals surface area contributed by atoms with Gasteiger partial charge >= 0.3 is 0 Å². The van der Waals surface area contributed by atoms with Crippen LogP contribution in [0.2, 0.25) is 5.15 Å². The first-order chi connectivity index (χ1) is 6.99. The summed E-state index contributed by atoms with van der Waals surface area (Å²) in [5, 5.41) is 3.44. The first-order valence-electron chi connectivity index (χ1n) is 4.47. The molecular weight excluding hydrogens is 271 g/mol. The topological polar surface area (TPSA) is 59.1 Å². The summed E-state index contributed by atoms with van der Waals surface area (Å²) >= 11 is 5.82. The van der Waals surface area contributed by atoms with Gasteiger partial charge in [-0.25, -0.2) is 13.4 Å². The fourth-order valence-electron chi connectivity index (χ4n) is 1.03. The van der Waals surface area contributed by atoms with Gasteiger partial charge in [0.25, 0.3) is 0 Å². The van der Waals surface area contributed by atoms with Crippen molar-refractivity contribution in [2.45, 2.75) is 6.54 Å². The van der Waals surface area contributed by atoms with E-state index < -0.39 is 9.84 Å². The molecule has 0 fully saturated rings. The van der Waals surface area contributed by atoms with E-state index in [1.54, 1.807) is 12.3 Å². The van der Waals surface area contributed by atoms with Gasteiger partial charge in [-0.1, -0.05) is 17.7 Å². The van der Waals surface area contributed by atoms with Gasteiger partial charge in [-0.05, 0) is 6.07 Å². The molecule has 0 saturated carbocycles. The van der Waals surface area contributed by atoms with Crippen LogP contribution in [0.3, 0.4) is 0 Å². The predicted octanol–water partition coefficient (Wildman–Crippen LogP) is 1.29. The van der Waals surface area contributed by atoms with Crippen molar-refractivity contribution in [2.24, 2.45) is 0 Å². The van der Waals surface area contributed by atoms with Gasteiger partial charge in [-0.2, -0.15) is 0 Å². The van der Waals surface area contributed by atoms with Gasteiger partial charge in [-0.3, -0.25) is 0 Å². The second-order valence-electron chi connectivity index (χ2n) is 3.26. The lowest BCUT2D eigenvalue weighted by atomic mass is 10.3. The van der Waals surface area contributed by atoms with Crippen LogP contribution in [0.15, 0.2) is 18.3 Å². The second kappa shape index (κ2) is 7.06. The summed E-state index contributed by atoms with van der Waals surface area (Å²) in [5.74, 6) is 0.130. The number of sulfone groups is 1. The van der Waals surface area contributed by atoms with Crippen LogP contribution < -0.4 is 5.32 Å². The Morgan fingerprint density at radius 1 is 1.50 bits per heavy atom. The van der Waals surface area contributed by atoms with Crippen molar-refractivity contribution in [1.29, 1.82) is 0 Å². The zero-order valence-electron chi connectivity index (χ0n) is 8.81. The van der Waals surface area contributed by atoms with Crippen molar-refractivity contribution >= 4 is 33.8 Å². The number of rotatable bonds is 5. The third-order valence-corrected chi connectivity index (χ3v) is 3.09. The van der Waals surface area contributed by atoms with E-state index in [1.807, 2.05) is 6.07 Å². The lowest BCUT2D eigenvalue weighted by molar-refractivity contribution is 0.596. The van der Waals surface area contributed by atoms with Gasteiger partial charge < -0.3 is 5.32 Å². The third-order valence-electron chi connectivity index (χ3n) is 1.80. The minimum absolute atomic E-state index is 0. The van der Waals surface area contributed by atoms with Crippen LogP contribution in [-0.4, -0.2) is 32.0 Å². The van der Waals surface area contributed by atoms with Crippen LogP contribution in [-0.2, 0) is 16.4 Å². The van der Waals surface area contributed by atoms with E-state index >= 15 is 0 Å². The standard InChI is InChI=1S/C9H13ClN2O2S.ClH/c1-15(13,14)6-5-11-7-8-3-2-4-12-9(8)10;/h2-4,11H,5-7H2,1H3;1H. The molecule has 1 aromatic rings. The minimum Gasteiger partial charge on any atom is -0.312 e. The van der Waals surface area contributed by atoms with Crippen molar-refractivity contribution in [3.63, 3.8) is 0 Å². The van der Waals surface area contributed by atoms with Crippen LogP contribution >= 0.6 is 24.0 Å². The van der Waals surface area contributed by atoms with Crippen LogP contribution in [0.5, 0.6) is 0 Å². The molecule has 0 atom stereocenters. The molecule has 4 nitrogen and oxygen atoms in total. The van der Waals surface area contributed by atoms with E-state index in [0.717, 1.165) is 5.56 Å². The molecule has 0 amide bonds. The van der Waals surface area contributed by atoms with Crippen molar-refractivity contribution < 1.29 is 8.42 Å².